The fourth-order valence-corrected chi connectivity index (χ4v) is 1.38. The lowest BCUT2D eigenvalue weighted by Gasteiger charge is -2.22. The Bertz CT molecular complexity index is 419. The first-order valence-electron chi connectivity index (χ1n) is 5.30. The van der Waals surface area contributed by atoms with Gasteiger partial charge in [0.15, 0.2) is 0 Å². The van der Waals surface area contributed by atoms with E-state index in [0.29, 0.717) is 17.1 Å². The lowest BCUT2D eigenvalue weighted by molar-refractivity contribution is 0.0912. The topological polar surface area (TPSA) is 75.3 Å². The van der Waals surface area contributed by atoms with Crippen molar-refractivity contribution in [2.45, 2.75) is 13.8 Å². The first kappa shape index (κ1) is 13.8. The van der Waals surface area contributed by atoms with Gasteiger partial charge in [0.1, 0.15) is 0 Å². The molecule has 1 rings (SSSR count). The number of amides is 1. The summed E-state index contributed by atoms with van der Waals surface area (Å²) in [5, 5.41) is 12.2. The Labute approximate surface area is 106 Å². The maximum absolute atomic E-state index is 11.8. The highest BCUT2D eigenvalue weighted by Gasteiger charge is 2.19. The van der Waals surface area contributed by atoms with Gasteiger partial charge in [0.25, 0.3) is 5.91 Å². The van der Waals surface area contributed by atoms with Crippen LogP contribution in [0.5, 0.6) is 0 Å². The Morgan fingerprint density at radius 1 is 1.53 bits per heavy atom. The molecule has 0 radical (unpaired) electrons. The van der Waals surface area contributed by atoms with E-state index in [-0.39, 0.29) is 23.6 Å². The first-order valence-corrected chi connectivity index (χ1v) is 5.68. The van der Waals surface area contributed by atoms with Gasteiger partial charge in [0, 0.05) is 18.6 Å². The van der Waals surface area contributed by atoms with Crippen LogP contribution in [0, 0.1) is 5.41 Å². The molecular weight excluding hydrogens is 240 g/mol. The molecule has 0 saturated carbocycles. The zero-order chi connectivity index (χ0) is 13.1. The van der Waals surface area contributed by atoms with Crippen LogP contribution in [0.2, 0.25) is 5.02 Å². The predicted molar refractivity (Wildman–Crippen MR) is 69.1 cm³/mol. The number of hydrogen-bond acceptors (Lipinski definition) is 3. The number of carbonyl (C=O) groups is 1. The third-order valence-electron chi connectivity index (χ3n) is 2.45. The lowest BCUT2D eigenvalue weighted by atomic mass is 9.95. The summed E-state index contributed by atoms with van der Waals surface area (Å²) in [7, 11) is 0. The van der Waals surface area contributed by atoms with Gasteiger partial charge < -0.3 is 16.2 Å². The van der Waals surface area contributed by atoms with Crippen molar-refractivity contribution in [1.29, 1.82) is 0 Å². The second kappa shape index (κ2) is 5.38. The van der Waals surface area contributed by atoms with E-state index in [0.717, 1.165) is 0 Å². The number of halogens is 1. The molecule has 0 spiro atoms. The minimum atomic E-state index is -0.358. The highest BCUT2D eigenvalue weighted by molar-refractivity contribution is 6.33. The molecule has 17 heavy (non-hydrogen) atoms. The van der Waals surface area contributed by atoms with Crippen molar-refractivity contribution >= 4 is 23.2 Å². The standard InChI is InChI=1S/C12H17ClN2O2/c1-12(2,7-16)6-15-11(17)8-4-3-5-9(13)10(8)14/h3-5,16H,6-7,14H2,1-2H3,(H,15,17). The van der Waals surface area contributed by atoms with E-state index >= 15 is 0 Å². The van der Waals surface area contributed by atoms with Crippen LogP contribution in [-0.4, -0.2) is 24.2 Å². The largest absolute Gasteiger partial charge is 0.397 e. The Kier molecular flexibility index (Phi) is 4.37. The van der Waals surface area contributed by atoms with Crippen LogP contribution in [0.4, 0.5) is 5.69 Å². The molecule has 1 aromatic rings. The van der Waals surface area contributed by atoms with Crippen LogP contribution in [0.15, 0.2) is 18.2 Å². The first-order chi connectivity index (χ1) is 7.87. The normalized spacial score (nSPS) is 11.3. The third kappa shape index (κ3) is 3.61. The number of anilines is 1. The number of para-hydroxylation sites is 1. The number of nitrogens with one attached hydrogen (secondary N) is 1. The van der Waals surface area contributed by atoms with Crippen LogP contribution in [-0.2, 0) is 0 Å². The van der Waals surface area contributed by atoms with E-state index in [9.17, 15) is 4.79 Å². The minimum absolute atomic E-state index is 0.00168. The summed E-state index contributed by atoms with van der Waals surface area (Å²) in [6.07, 6.45) is 0. The Morgan fingerprint density at radius 3 is 2.76 bits per heavy atom. The van der Waals surface area contributed by atoms with Gasteiger partial charge in [0.2, 0.25) is 0 Å². The Balaban J connectivity index is 2.74. The second-order valence-corrected chi connectivity index (χ2v) is 5.11. The zero-order valence-electron chi connectivity index (χ0n) is 9.96. The monoisotopic (exact) mass is 256 g/mol. The molecule has 1 amide bonds. The number of nitrogen functional groups attached to an aromatic ring is 1. The van der Waals surface area contributed by atoms with E-state index < -0.39 is 0 Å². The third-order valence-corrected chi connectivity index (χ3v) is 2.78. The summed E-state index contributed by atoms with van der Waals surface area (Å²) in [4.78, 5) is 11.8. The van der Waals surface area contributed by atoms with Crippen LogP contribution in [0.25, 0.3) is 0 Å². The molecule has 94 valence electrons. The number of nitrogens with two attached hydrogens (primary N) is 1. The van der Waals surface area contributed by atoms with Crippen LogP contribution >= 0.6 is 11.6 Å². The Morgan fingerprint density at radius 2 is 2.18 bits per heavy atom. The lowest BCUT2D eigenvalue weighted by Crippen LogP contribution is -2.36. The van der Waals surface area contributed by atoms with Crippen molar-refractivity contribution < 1.29 is 9.90 Å². The van der Waals surface area contributed by atoms with Gasteiger partial charge in [0.05, 0.1) is 16.3 Å². The van der Waals surface area contributed by atoms with Gasteiger partial charge in [-0.25, -0.2) is 0 Å². The number of benzene rings is 1. The van der Waals surface area contributed by atoms with Gasteiger partial charge in [-0.05, 0) is 12.1 Å². The van der Waals surface area contributed by atoms with Crippen molar-refractivity contribution in [3.63, 3.8) is 0 Å². The highest BCUT2D eigenvalue weighted by atomic mass is 35.5. The van der Waals surface area contributed by atoms with Gasteiger partial charge in [-0.3, -0.25) is 4.79 Å². The van der Waals surface area contributed by atoms with E-state index in [1.54, 1.807) is 18.2 Å². The molecule has 0 atom stereocenters. The van der Waals surface area contributed by atoms with Crippen LogP contribution in [0.1, 0.15) is 24.2 Å². The molecule has 0 aliphatic heterocycles. The average Bonchev–Trinajstić information content (AvgIpc) is 2.30. The summed E-state index contributed by atoms with van der Waals surface area (Å²) in [6, 6.07) is 4.92. The summed E-state index contributed by atoms with van der Waals surface area (Å²) in [6.45, 7) is 4.08. The number of hydrogen-bond donors (Lipinski definition) is 3. The van der Waals surface area contributed by atoms with Gasteiger partial charge in [-0.15, -0.1) is 0 Å². The summed E-state index contributed by atoms with van der Waals surface area (Å²) < 4.78 is 0. The molecule has 0 aromatic heterocycles. The quantitative estimate of drug-likeness (QED) is 0.718. The molecule has 0 unspecified atom stereocenters. The van der Waals surface area contributed by atoms with E-state index in [1.807, 2.05) is 13.8 Å². The number of carbonyl (C=O) groups excluding carboxylic acids is 1. The van der Waals surface area contributed by atoms with Crippen LogP contribution in [0.3, 0.4) is 0 Å². The van der Waals surface area contributed by atoms with Crippen molar-refractivity contribution in [3.05, 3.63) is 28.8 Å². The van der Waals surface area contributed by atoms with Crippen LogP contribution < -0.4 is 11.1 Å². The van der Waals surface area contributed by atoms with E-state index in [1.165, 1.54) is 0 Å². The molecule has 0 heterocycles. The molecule has 0 bridgehead atoms. The predicted octanol–water partition coefficient (Wildman–Crippen LogP) is 1.67. The molecule has 0 saturated heterocycles. The van der Waals surface area contributed by atoms with Gasteiger partial charge in [-0.2, -0.15) is 0 Å². The van der Waals surface area contributed by atoms with Crippen molar-refractivity contribution in [1.82, 2.24) is 5.32 Å². The number of aliphatic hydroxyl groups is 1. The summed E-state index contributed by atoms with van der Waals surface area (Å²) in [5.74, 6) is -0.286. The maximum atomic E-state index is 11.8. The SMILES string of the molecule is CC(C)(CO)CNC(=O)c1cccc(Cl)c1N. The van der Waals surface area contributed by atoms with Crippen molar-refractivity contribution in [2.24, 2.45) is 5.41 Å². The average molecular weight is 257 g/mol. The van der Waals surface area contributed by atoms with Gasteiger partial charge >= 0.3 is 0 Å². The molecule has 4 nitrogen and oxygen atoms in total. The fraction of sp³-hybridized carbons (Fsp3) is 0.417. The molecule has 0 aliphatic rings. The molecule has 4 N–H and O–H groups in total. The molecule has 5 heteroatoms. The number of aliphatic hydroxyl groups excluding tert-OH is 1. The van der Waals surface area contributed by atoms with Crippen molar-refractivity contribution in [3.8, 4) is 0 Å². The zero-order valence-corrected chi connectivity index (χ0v) is 10.7. The van der Waals surface area contributed by atoms with E-state index in [4.69, 9.17) is 22.4 Å². The smallest absolute Gasteiger partial charge is 0.253 e. The molecule has 0 fully saturated rings. The summed E-state index contributed by atoms with van der Waals surface area (Å²) >= 11 is 5.83. The van der Waals surface area contributed by atoms with Gasteiger partial charge in [-0.1, -0.05) is 31.5 Å². The second-order valence-electron chi connectivity index (χ2n) is 4.71. The molecule has 0 aliphatic carbocycles. The Hall–Kier alpha value is -1.26. The highest BCUT2D eigenvalue weighted by Crippen LogP contribution is 2.22. The molecule has 1 aromatic carbocycles. The van der Waals surface area contributed by atoms with Crippen molar-refractivity contribution in [2.75, 3.05) is 18.9 Å². The molecular formula is C12H17ClN2O2. The maximum Gasteiger partial charge on any atom is 0.253 e. The summed E-state index contributed by atoms with van der Waals surface area (Å²) in [5.41, 5.74) is 5.98. The minimum Gasteiger partial charge on any atom is -0.397 e. The number of rotatable bonds is 4. The fourth-order valence-electron chi connectivity index (χ4n) is 1.21. The van der Waals surface area contributed by atoms with E-state index in [2.05, 4.69) is 5.32 Å².